The first kappa shape index (κ1) is 11.8. The molecule has 0 fully saturated rings. The highest BCUT2D eigenvalue weighted by molar-refractivity contribution is 6.09. The molecule has 3 rings (SSSR count). The highest BCUT2D eigenvalue weighted by Crippen LogP contribution is 2.27. The van der Waals surface area contributed by atoms with Gasteiger partial charge in [0.15, 0.2) is 5.78 Å². The number of fused-ring (bicyclic) bond motifs is 1. The van der Waals surface area contributed by atoms with E-state index in [4.69, 9.17) is 4.74 Å². The average molecular weight is 260 g/mol. The molecule has 96 valence electrons. The summed E-state index contributed by atoms with van der Waals surface area (Å²) >= 11 is 0. The fourth-order valence-corrected chi connectivity index (χ4v) is 2.18. The second kappa shape index (κ2) is 4.46. The molecule has 0 saturated carbocycles. The number of ether oxygens (including phenoxy) is 1. The minimum atomic E-state index is -0.757. The number of hydrogen-bond donors (Lipinski definition) is 0. The highest BCUT2D eigenvalue weighted by atomic mass is 19.1. The van der Waals surface area contributed by atoms with Gasteiger partial charge in [0.05, 0.1) is 6.61 Å². The zero-order chi connectivity index (χ0) is 13.4. The van der Waals surface area contributed by atoms with Crippen molar-refractivity contribution in [1.29, 1.82) is 0 Å². The molecule has 2 nitrogen and oxygen atoms in total. The number of halogens is 2. The van der Waals surface area contributed by atoms with Gasteiger partial charge in [0, 0.05) is 23.6 Å². The van der Waals surface area contributed by atoms with Crippen LogP contribution in [0, 0.1) is 11.6 Å². The van der Waals surface area contributed by atoms with E-state index in [1.807, 2.05) is 0 Å². The Morgan fingerprint density at radius 3 is 2.47 bits per heavy atom. The van der Waals surface area contributed by atoms with E-state index in [0.29, 0.717) is 12.2 Å². The van der Waals surface area contributed by atoms with Crippen LogP contribution in [0.4, 0.5) is 8.78 Å². The van der Waals surface area contributed by atoms with Crippen molar-refractivity contribution < 1.29 is 18.3 Å². The summed E-state index contributed by atoms with van der Waals surface area (Å²) < 4.78 is 31.6. The molecule has 0 spiro atoms. The monoisotopic (exact) mass is 260 g/mol. The van der Waals surface area contributed by atoms with Crippen LogP contribution in [0.1, 0.15) is 21.5 Å². The van der Waals surface area contributed by atoms with Crippen LogP contribution in [0.3, 0.4) is 0 Å². The summed E-state index contributed by atoms with van der Waals surface area (Å²) in [5.74, 6) is -1.14. The van der Waals surface area contributed by atoms with Crippen LogP contribution in [0.25, 0.3) is 0 Å². The van der Waals surface area contributed by atoms with Crippen molar-refractivity contribution in [3.05, 3.63) is 64.7 Å². The van der Waals surface area contributed by atoms with Crippen LogP contribution in [-0.2, 0) is 6.42 Å². The molecular weight excluding hydrogens is 250 g/mol. The maximum absolute atomic E-state index is 13.1. The summed E-state index contributed by atoms with van der Waals surface area (Å²) in [4.78, 5) is 12.2. The van der Waals surface area contributed by atoms with Crippen LogP contribution < -0.4 is 4.74 Å². The molecule has 0 aliphatic carbocycles. The molecule has 1 aliphatic rings. The van der Waals surface area contributed by atoms with Crippen molar-refractivity contribution in [2.75, 3.05) is 6.61 Å². The van der Waals surface area contributed by atoms with E-state index in [9.17, 15) is 13.6 Å². The lowest BCUT2D eigenvalue weighted by molar-refractivity contribution is 0.103. The molecule has 2 aromatic rings. The van der Waals surface area contributed by atoms with Gasteiger partial charge in [-0.05, 0) is 35.9 Å². The van der Waals surface area contributed by atoms with E-state index in [-0.39, 0.29) is 5.56 Å². The van der Waals surface area contributed by atoms with Gasteiger partial charge in [-0.3, -0.25) is 4.79 Å². The first-order valence-corrected chi connectivity index (χ1v) is 5.90. The molecule has 0 saturated heterocycles. The maximum Gasteiger partial charge on any atom is 0.193 e. The summed E-state index contributed by atoms with van der Waals surface area (Å²) in [6.45, 7) is 0.599. The van der Waals surface area contributed by atoms with Crippen LogP contribution in [-0.4, -0.2) is 12.4 Å². The Kier molecular flexibility index (Phi) is 2.78. The third-order valence-corrected chi connectivity index (χ3v) is 3.08. The fourth-order valence-electron chi connectivity index (χ4n) is 2.18. The van der Waals surface area contributed by atoms with Gasteiger partial charge in [-0.2, -0.15) is 0 Å². The molecule has 0 amide bonds. The predicted octanol–water partition coefficient (Wildman–Crippen LogP) is 3.13. The SMILES string of the molecule is O=C(c1cc(F)cc(F)c1)c1ccc2c(c1)CCO2. The predicted molar refractivity (Wildman–Crippen MR) is 65.4 cm³/mol. The second-order valence-electron chi connectivity index (χ2n) is 4.41. The summed E-state index contributed by atoms with van der Waals surface area (Å²) in [7, 11) is 0. The molecular formula is C15H10F2O2. The number of rotatable bonds is 2. The Bertz CT molecular complexity index is 645. The van der Waals surface area contributed by atoms with Gasteiger partial charge < -0.3 is 4.74 Å². The van der Waals surface area contributed by atoms with Gasteiger partial charge in [-0.25, -0.2) is 8.78 Å². The molecule has 4 heteroatoms. The normalized spacial score (nSPS) is 12.9. The van der Waals surface area contributed by atoms with Crippen molar-refractivity contribution >= 4 is 5.78 Å². The van der Waals surface area contributed by atoms with Crippen molar-refractivity contribution in [2.45, 2.75) is 6.42 Å². The van der Waals surface area contributed by atoms with Gasteiger partial charge in [0.25, 0.3) is 0 Å². The van der Waals surface area contributed by atoms with Gasteiger partial charge in [-0.1, -0.05) is 0 Å². The fraction of sp³-hybridized carbons (Fsp3) is 0.133. The van der Waals surface area contributed by atoms with Crippen LogP contribution in [0.2, 0.25) is 0 Å². The second-order valence-corrected chi connectivity index (χ2v) is 4.41. The lowest BCUT2D eigenvalue weighted by atomic mass is 10.0. The van der Waals surface area contributed by atoms with Crippen molar-refractivity contribution in [3.8, 4) is 5.75 Å². The largest absolute Gasteiger partial charge is 0.493 e. The highest BCUT2D eigenvalue weighted by Gasteiger charge is 2.17. The molecule has 0 radical (unpaired) electrons. The Labute approximate surface area is 108 Å². The number of carbonyl (C=O) groups excluding carboxylic acids is 1. The summed E-state index contributed by atoms with van der Waals surface area (Å²) in [6, 6.07) is 7.85. The summed E-state index contributed by atoms with van der Waals surface area (Å²) in [6.07, 6.45) is 0.744. The lowest BCUT2D eigenvalue weighted by Crippen LogP contribution is -2.03. The molecule has 0 aromatic heterocycles. The van der Waals surface area contributed by atoms with Crippen LogP contribution in [0.5, 0.6) is 5.75 Å². The molecule has 1 aliphatic heterocycles. The number of ketones is 1. The average Bonchev–Trinajstić information content (AvgIpc) is 2.83. The number of benzene rings is 2. The van der Waals surface area contributed by atoms with Gasteiger partial charge in [-0.15, -0.1) is 0 Å². The zero-order valence-corrected chi connectivity index (χ0v) is 9.95. The molecule has 0 bridgehead atoms. The topological polar surface area (TPSA) is 26.3 Å². The zero-order valence-electron chi connectivity index (χ0n) is 9.95. The Balaban J connectivity index is 1.99. The third-order valence-electron chi connectivity index (χ3n) is 3.08. The Hall–Kier alpha value is -2.23. The molecule has 0 unspecified atom stereocenters. The van der Waals surface area contributed by atoms with Crippen LogP contribution >= 0.6 is 0 Å². The summed E-state index contributed by atoms with van der Waals surface area (Å²) in [5.41, 5.74) is 1.37. The van der Waals surface area contributed by atoms with Crippen molar-refractivity contribution in [3.63, 3.8) is 0 Å². The smallest absolute Gasteiger partial charge is 0.193 e. The number of hydrogen-bond acceptors (Lipinski definition) is 2. The molecule has 19 heavy (non-hydrogen) atoms. The first-order valence-electron chi connectivity index (χ1n) is 5.90. The minimum Gasteiger partial charge on any atom is -0.493 e. The van der Waals surface area contributed by atoms with Crippen molar-refractivity contribution in [2.24, 2.45) is 0 Å². The van der Waals surface area contributed by atoms with E-state index in [1.54, 1.807) is 18.2 Å². The standard InChI is InChI=1S/C15H10F2O2/c16-12-6-11(7-13(17)8-12)15(18)10-1-2-14-9(5-10)3-4-19-14/h1-2,5-8H,3-4H2. The first-order chi connectivity index (χ1) is 9.13. The third kappa shape index (κ3) is 2.21. The number of carbonyl (C=O) groups is 1. The van der Waals surface area contributed by atoms with E-state index in [1.165, 1.54) is 0 Å². The van der Waals surface area contributed by atoms with E-state index >= 15 is 0 Å². The van der Waals surface area contributed by atoms with Crippen LogP contribution in [0.15, 0.2) is 36.4 Å². The molecule has 0 atom stereocenters. The summed E-state index contributed by atoms with van der Waals surface area (Å²) in [5, 5.41) is 0. The molecule has 2 aromatic carbocycles. The van der Waals surface area contributed by atoms with E-state index in [2.05, 4.69) is 0 Å². The molecule has 1 heterocycles. The lowest BCUT2D eigenvalue weighted by Gasteiger charge is -2.04. The molecule has 0 N–H and O–H groups in total. The van der Waals surface area contributed by atoms with E-state index in [0.717, 1.165) is 35.9 Å². The minimum absolute atomic E-state index is 0.0105. The van der Waals surface area contributed by atoms with Gasteiger partial charge >= 0.3 is 0 Å². The van der Waals surface area contributed by atoms with E-state index < -0.39 is 17.4 Å². The quantitative estimate of drug-likeness (QED) is 0.775. The maximum atomic E-state index is 13.1. The van der Waals surface area contributed by atoms with Gasteiger partial charge in [0.1, 0.15) is 17.4 Å². The Morgan fingerprint density at radius 1 is 1.00 bits per heavy atom. The Morgan fingerprint density at radius 2 is 1.74 bits per heavy atom. The van der Waals surface area contributed by atoms with Crippen molar-refractivity contribution in [1.82, 2.24) is 0 Å². The van der Waals surface area contributed by atoms with Gasteiger partial charge in [0.2, 0.25) is 0 Å².